The Labute approximate surface area is 177 Å². The number of aryl methyl sites for hydroxylation is 1. The molecule has 0 saturated carbocycles. The molecule has 7 nitrogen and oxygen atoms in total. The van der Waals surface area contributed by atoms with Gasteiger partial charge in [-0.05, 0) is 30.7 Å². The number of carbonyl (C=O) groups excluding carboxylic acids is 2. The summed E-state index contributed by atoms with van der Waals surface area (Å²) in [5.41, 5.74) is 2.13. The molecule has 10 heteroatoms. The van der Waals surface area contributed by atoms with E-state index in [1.165, 1.54) is 33.6 Å². The van der Waals surface area contributed by atoms with Crippen LogP contribution < -0.4 is 16.2 Å². The first-order valence-electron chi connectivity index (χ1n) is 8.28. The zero-order valence-corrected chi connectivity index (χ0v) is 18.1. The van der Waals surface area contributed by atoms with Gasteiger partial charge in [-0.1, -0.05) is 15.9 Å². The lowest BCUT2D eigenvalue weighted by Crippen LogP contribution is -2.34. The Morgan fingerprint density at radius 3 is 2.89 bits per heavy atom. The van der Waals surface area contributed by atoms with E-state index in [1.54, 1.807) is 17.6 Å². The lowest BCUT2D eigenvalue weighted by atomic mass is 10.2. The molecule has 2 heterocycles. The van der Waals surface area contributed by atoms with E-state index < -0.39 is 0 Å². The molecule has 3 rings (SSSR count). The number of hydrogen-bond acceptors (Lipinski definition) is 6. The minimum Gasteiger partial charge on any atom is -0.346 e. The van der Waals surface area contributed by atoms with Crippen molar-refractivity contribution in [1.82, 2.24) is 14.7 Å². The lowest BCUT2D eigenvalue weighted by Gasteiger charge is -2.09. The minimum atomic E-state index is -0.290. The Kier molecular flexibility index (Phi) is 6.87. The van der Waals surface area contributed by atoms with Crippen LogP contribution >= 0.6 is 39.0 Å². The third kappa shape index (κ3) is 5.43. The number of halogens is 1. The van der Waals surface area contributed by atoms with E-state index in [-0.39, 0.29) is 29.7 Å². The van der Waals surface area contributed by atoms with E-state index in [0.717, 1.165) is 10.0 Å². The summed E-state index contributed by atoms with van der Waals surface area (Å²) < 4.78 is 2.42. The van der Waals surface area contributed by atoms with Crippen LogP contribution in [-0.2, 0) is 15.3 Å². The van der Waals surface area contributed by atoms with Crippen LogP contribution in [-0.4, -0.2) is 33.5 Å². The summed E-state index contributed by atoms with van der Waals surface area (Å²) in [6.07, 6.45) is 1.68. The Balaban J connectivity index is 1.42. The summed E-state index contributed by atoms with van der Waals surface area (Å²) in [6.45, 7) is 1.79. The van der Waals surface area contributed by atoms with Gasteiger partial charge in [-0.25, -0.2) is 4.98 Å². The van der Waals surface area contributed by atoms with Gasteiger partial charge in [0.25, 0.3) is 5.56 Å². The highest BCUT2D eigenvalue weighted by atomic mass is 79.9. The van der Waals surface area contributed by atoms with Crippen molar-refractivity contribution in [1.29, 1.82) is 0 Å². The zero-order chi connectivity index (χ0) is 20.1. The average Bonchev–Trinajstić information content (AvgIpc) is 3.12. The van der Waals surface area contributed by atoms with Crippen molar-refractivity contribution >= 4 is 61.5 Å². The van der Waals surface area contributed by atoms with Crippen molar-refractivity contribution in [2.45, 2.75) is 12.7 Å². The molecule has 0 radical (unpaired) electrons. The molecule has 0 aliphatic heterocycles. The number of amides is 2. The summed E-state index contributed by atoms with van der Waals surface area (Å²) in [6, 6.07) is 7.01. The number of aromatic nitrogens is 2. The number of hydrogen-bond donors (Lipinski definition) is 2. The van der Waals surface area contributed by atoms with Gasteiger partial charge in [0.1, 0.15) is 0 Å². The summed E-state index contributed by atoms with van der Waals surface area (Å²) in [5.74, 6) is 0.0838. The van der Waals surface area contributed by atoms with Crippen molar-refractivity contribution in [3.63, 3.8) is 0 Å². The first-order chi connectivity index (χ1) is 13.4. The average molecular weight is 481 g/mol. The molecule has 0 unspecified atom stereocenters. The van der Waals surface area contributed by atoms with Gasteiger partial charge in [-0.15, -0.1) is 23.1 Å². The van der Waals surface area contributed by atoms with E-state index >= 15 is 0 Å². The molecule has 2 N–H and O–H groups in total. The number of nitrogens with zero attached hydrogens (tertiary/aromatic N) is 2. The van der Waals surface area contributed by atoms with Gasteiger partial charge in [0.2, 0.25) is 11.8 Å². The molecule has 0 aliphatic carbocycles. The summed E-state index contributed by atoms with van der Waals surface area (Å²) >= 11 is 6.10. The van der Waals surface area contributed by atoms with Gasteiger partial charge in [0.15, 0.2) is 4.96 Å². The third-order valence-electron chi connectivity index (χ3n) is 3.75. The SMILES string of the molecule is Cc1cc(Br)ccc1NC(=O)CNC(=O)CSCc1cc(=O)n2ccsc2n1. The standard InChI is InChI=1S/C18H17BrN4O3S2/c1-11-6-12(19)2-3-14(11)22-15(24)8-20-16(25)10-27-9-13-7-17(26)23-4-5-28-18(23)21-13/h2-7H,8-10H2,1H3,(H,20,25)(H,22,24). The predicted molar refractivity (Wildman–Crippen MR) is 116 cm³/mol. The second-order valence-electron chi connectivity index (χ2n) is 5.92. The number of carbonyl (C=O) groups is 2. The molecule has 0 saturated heterocycles. The largest absolute Gasteiger partial charge is 0.346 e. The molecule has 0 atom stereocenters. The Bertz CT molecular complexity index is 1080. The van der Waals surface area contributed by atoms with E-state index in [0.29, 0.717) is 22.1 Å². The minimum absolute atomic E-state index is 0.102. The van der Waals surface area contributed by atoms with Crippen LogP contribution in [0, 0.1) is 6.92 Å². The normalized spacial score (nSPS) is 10.8. The van der Waals surface area contributed by atoms with Gasteiger partial charge in [0.05, 0.1) is 18.0 Å². The summed E-state index contributed by atoms with van der Waals surface area (Å²) in [4.78, 5) is 40.9. The van der Waals surface area contributed by atoms with Crippen molar-refractivity contribution in [2.24, 2.45) is 0 Å². The van der Waals surface area contributed by atoms with Crippen LogP contribution in [0.5, 0.6) is 0 Å². The molecule has 0 spiro atoms. The van der Waals surface area contributed by atoms with Gasteiger partial charge in [-0.2, -0.15) is 0 Å². The fourth-order valence-electron chi connectivity index (χ4n) is 2.40. The Morgan fingerprint density at radius 2 is 2.11 bits per heavy atom. The first kappa shape index (κ1) is 20.6. The molecule has 0 aliphatic rings. The lowest BCUT2D eigenvalue weighted by molar-refractivity contribution is -0.122. The molecule has 2 aromatic heterocycles. The van der Waals surface area contributed by atoms with Crippen LogP contribution in [0.4, 0.5) is 5.69 Å². The van der Waals surface area contributed by atoms with Gasteiger partial charge < -0.3 is 10.6 Å². The van der Waals surface area contributed by atoms with Crippen molar-refractivity contribution in [3.05, 3.63) is 61.9 Å². The monoisotopic (exact) mass is 480 g/mol. The number of anilines is 1. The summed E-state index contributed by atoms with van der Waals surface area (Å²) in [5, 5.41) is 7.16. The van der Waals surface area contributed by atoms with Gasteiger partial charge >= 0.3 is 0 Å². The maximum absolute atomic E-state index is 12.0. The van der Waals surface area contributed by atoms with Crippen LogP contribution in [0.2, 0.25) is 0 Å². The first-order valence-corrected chi connectivity index (χ1v) is 11.1. The quantitative estimate of drug-likeness (QED) is 0.542. The predicted octanol–water partition coefficient (Wildman–Crippen LogP) is 2.82. The molecule has 1 aromatic carbocycles. The number of nitrogens with one attached hydrogen (secondary N) is 2. The zero-order valence-electron chi connectivity index (χ0n) is 14.9. The highest BCUT2D eigenvalue weighted by molar-refractivity contribution is 9.10. The number of benzene rings is 1. The van der Waals surface area contributed by atoms with E-state index in [4.69, 9.17) is 0 Å². The topological polar surface area (TPSA) is 92.6 Å². The summed E-state index contributed by atoms with van der Waals surface area (Å²) in [7, 11) is 0. The van der Waals surface area contributed by atoms with Gasteiger partial charge in [0, 0.05) is 33.6 Å². The van der Waals surface area contributed by atoms with Crippen molar-refractivity contribution < 1.29 is 9.59 Å². The molecule has 3 aromatic rings. The van der Waals surface area contributed by atoms with Crippen LogP contribution in [0.1, 0.15) is 11.3 Å². The number of fused-ring (bicyclic) bond motifs is 1. The van der Waals surface area contributed by atoms with E-state index in [2.05, 4.69) is 31.5 Å². The Hall–Kier alpha value is -2.17. The van der Waals surface area contributed by atoms with Crippen molar-refractivity contribution in [2.75, 3.05) is 17.6 Å². The smallest absolute Gasteiger partial charge is 0.258 e. The molecule has 0 fully saturated rings. The van der Waals surface area contributed by atoms with E-state index in [1.807, 2.05) is 19.1 Å². The van der Waals surface area contributed by atoms with Gasteiger partial charge in [-0.3, -0.25) is 18.8 Å². The molecule has 28 heavy (non-hydrogen) atoms. The third-order valence-corrected chi connectivity index (χ3v) is 5.96. The second kappa shape index (κ2) is 9.35. The molecule has 2 amide bonds. The van der Waals surface area contributed by atoms with Crippen LogP contribution in [0.15, 0.2) is 45.1 Å². The van der Waals surface area contributed by atoms with Crippen molar-refractivity contribution in [3.8, 4) is 0 Å². The highest BCUT2D eigenvalue weighted by Crippen LogP contribution is 2.19. The van der Waals surface area contributed by atoms with Crippen LogP contribution in [0.25, 0.3) is 4.96 Å². The maximum Gasteiger partial charge on any atom is 0.258 e. The highest BCUT2D eigenvalue weighted by Gasteiger charge is 2.09. The maximum atomic E-state index is 12.0. The number of rotatable bonds is 7. The molecular weight excluding hydrogens is 464 g/mol. The fourth-order valence-corrected chi connectivity index (χ4v) is 4.36. The molecule has 0 bridgehead atoms. The number of thiazole rings is 1. The van der Waals surface area contributed by atoms with Crippen LogP contribution in [0.3, 0.4) is 0 Å². The second-order valence-corrected chi connectivity index (χ2v) is 8.69. The number of thioether (sulfide) groups is 1. The van der Waals surface area contributed by atoms with E-state index in [9.17, 15) is 14.4 Å². The molecular formula is C18H17BrN4O3S2. The molecule has 146 valence electrons. The fraction of sp³-hybridized carbons (Fsp3) is 0.222. The Morgan fingerprint density at radius 1 is 1.29 bits per heavy atom.